The van der Waals surface area contributed by atoms with Crippen molar-refractivity contribution in [2.75, 3.05) is 13.6 Å². The summed E-state index contributed by atoms with van der Waals surface area (Å²) in [5.41, 5.74) is 3.56. The molecule has 34 heavy (non-hydrogen) atoms. The van der Waals surface area contributed by atoms with E-state index in [1.807, 2.05) is 48.2 Å². The zero-order valence-corrected chi connectivity index (χ0v) is 19.6. The summed E-state index contributed by atoms with van der Waals surface area (Å²) in [6.45, 7) is 3.31. The van der Waals surface area contributed by atoms with Gasteiger partial charge in [0.1, 0.15) is 0 Å². The Morgan fingerprint density at radius 3 is 2.74 bits per heavy atom. The van der Waals surface area contributed by atoms with Crippen molar-refractivity contribution < 1.29 is 19.7 Å². The SMILES string of the molecule is C[C@H]1CC2=C([C@@H]3Oc4c(O)ccc5c4[C@@]34CCN(C)[C@H](C5)[C@]4(O)C2)N(Cc2ccccc2)C1=O. The molecule has 7 rings (SSSR count). The number of hydrogen-bond donors (Lipinski definition) is 2. The number of rotatable bonds is 2. The highest BCUT2D eigenvalue weighted by Crippen LogP contribution is 2.67. The summed E-state index contributed by atoms with van der Waals surface area (Å²) in [7, 11) is 2.10. The molecule has 3 heterocycles. The molecule has 2 aliphatic carbocycles. The molecule has 1 saturated heterocycles. The fourth-order valence-electron chi connectivity index (χ4n) is 7.81. The highest BCUT2D eigenvalue weighted by molar-refractivity contribution is 5.83. The minimum absolute atomic E-state index is 0.0279. The first kappa shape index (κ1) is 20.5. The number of likely N-dealkylation sites (N-methyl/N-ethyl adjacent to an activating group) is 1. The molecule has 3 aliphatic heterocycles. The van der Waals surface area contributed by atoms with Gasteiger partial charge in [0.05, 0.1) is 23.3 Å². The van der Waals surface area contributed by atoms with E-state index in [0.29, 0.717) is 25.1 Å². The smallest absolute Gasteiger partial charge is 0.230 e. The van der Waals surface area contributed by atoms with Crippen molar-refractivity contribution in [1.82, 2.24) is 9.80 Å². The van der Waals surface area contributed by atoms with Gasteiger partial charge in [-0.1, -0.05) is 43.3 Å². The van der Waals surface area contributed by atoms with Crippen LogP contribution in [0.25, 0.3) is 0 Å². The van der Waals surface area contributed by atoms with Crippen molar-refractivity contribution >= 4 is 5.91 Å². The van der Waals surface area contributed by atoms with Gasteiger partial charge in [-0.05, 0) is 55.6 Å². The van der Waals surface area contributed by atoms with Gasteiger partial charge in [-0.2, -0.15) is 0 Å². The Balaban J connectivity index is 1.46. The molecule has 0 aromatic heterocycles. The van der Waals surface area contributed by atoms with E-state index in [2.05, 4.69) is 11.9 Å². The lowest BCUT2D eigenvalue weighted by Gasteiger charge is -2.63. The number of carbonyl (C=O) groups excluding carboxylic acids is 1. The first-order chi connectivity index (χ1) is 16.3. The molecule has 0 saturated carbocycles. The van der Waals surface area contributed by atoms with E-state index < -0.39 is 17.1 Å². The fraction of sp³-hybridized carbons (Fsp3) is 0.464. The van der Waals surface area contributed by atoms with E-state index in [1.165, 1.54) is 0 Å². The fourth-order valence-corrected chi connectivity index (χ4v) is 7.81. The van der Waals surface area contributed by atoms with Gasteiger partial charge in [-0.25, -0.2) is 0 Å². The first-order valence-electron chi connectivity index (χ1n) is 12.4. The molecule has 5 aliphatic rings. The van der Waals surface area contributed by atoms with Gasteiger partial charge in [-0.3, -0.25) is 4.79 Å². The molecule has 6 heteroatoms. The molecule has 2 bridgehead atoms. The van der Waals surface area contributed by atoms with Crippen LogP contribution in [0.1, 0.15) is 42.9 Å². The maximum Gasteiger partial charge on any atom is 0.230 e. The van der Waals surface area contributed by atoms with E-state index in [-0.39, 0.29) is 23.6 Å². The van der Waals surface area contributed by atoms with E-state index in [1.54, 1.807) is 6.07 Å². The number of hydrogen-bond acceptors (Lipinski definition) is 5. The molecular weight excluding hydrogens is 428 g/mol. The van der Waals surface area contributed by atoms with Crippen molar-refractivity contribution in [2.24, 2.45) is 5.92 Å². The number of amides is 1. The highest BCUT2D eigenvalue weighted by atomic mass is 16.5. The van der Waals surface area contributed by atoms with Gasteiger partial charge in [-0.15, -0.1) is 0 Å². The van der Waals surface area contributed by atoms with Crippen LogP contribution in [-0.2, 0) is 23.2 Å². The maximum atomic E-state index is 13.6. The number of likely N-dealkylation sites (tertiary alicyclic amines) is 1. The summed E-state index contributed by atoms with van der Waals surface area (Å²) in [4.78, 5) is 17.8. The topological polar surface area (TPSA) is 73.2 Å². The van der Waals surface area contributed by atoms with E-state index in [0.717, 1.165) is 47.3 Å². The summed E-state index contributed by atoms with van der Waals surface area (Å²) in [6.07, 6.45) is 2.15. The number of benzene rings is 2. The van der Waals surface area contributed by atoms with E-state index in [9.17, 15) is 15.0 Å². The number of phenolic OH excluding ortho intramolecular Hbond substituents is 1. The Kier molecular flexibility index (Phi) is 4.01. The first-order valence-corrected chi connectivity index (χ1v) is 12.4. The van der Waals surface area contributed by atoms with Gasteiger partial charge >= 0.3 is 0 Å². The molecule has 176 valence electrons. The maximum absolute atomic E-state index is 13.6. The molecule has 2 aromatic rings. The molecule has 0 unspecified atom stereocenters. The number of nitrogens with zero attached hydrogens (tertiary/aromatic N) is 2. The highest BCUT2D eigenvalue weighted by Gasteiger charge is 2.73. The average Bonchev–Trinajstić information content (AvgIpc) is 3.17. The summed E-state index contributed by atoms with van der Waals surface area (Å²) >= 11 is 0. The standard InChI is InChI=1S/C28H30N2O4/c1-16-12-19-14-28(33)21-13-18-8-9-20(31)24-22(18)27(28,10-11-29(21)2)25(34-24)23(19)30(26(16)32)15-17-6-4-3-5-7-17/h3-9,16,21,25,31,33H,10-15H2,1-2H3/t16-,21+,25-,27-,28+/m0/s1. The van der Waals surface area contributed by atoms with Gasteiger partial charge in [0.25, 0.3) is 0 Å². The van der Waals surface area contributed by atoms with Crippen LogP contribution in [0, 0.1) is 5.92 Å². The number of carbonyl (C=O) groups is 1. The Morgan fingerprint density at radius 1 is 1.15 bits per heavy atom. The molecule has 2 N–H and O–H groups in total. The zero-order chi connectivity index (χ0) is 23.4. The summed E-state index contributed by atoms with van der Waals surface area (Å²) in [5.74, 6) is 0.584. The van der Waals surface area contributed by atoms with Crippen LogP contribution in [-0.4, -0.2) is 57.3 Å². The predicted molar refractivity (Wildman–Crippen MR) is 126 cm³/mol. The lowest BCUT2D eigenvalue weighted by molar-refractivity contribution is -0.169. The number of aliphatic hydroxyl groups is 1. The zero-order valence-electron chi connectivity index (χ0n) is 19.6. The number of phenols is 1. The number of fused-ring (bicyclic) bond motifs is 1. The second-order valence-electron chi connectivity index (χ2n) is 11.0. The number of piperidine rings is 1. The molecule has 1 amide bonds. The largest absolute Gasteiger partial charge is 0.504 e. The lowest BCUT2D eigenvalue weighted by Crippen LogP contribution is -2.75. The Morgan fingerprint density at radius 2 is 1.94 bits per heavy atom. The van der Waals surface area contributed by atoms with Crippen LogP contribution >= 0.6 is 0 Å². The van der Waals surface area contributed by atoms with Crippen LogP contribution in [0.2, 0.25) is 0 Å². The molecule has 2 aromatic carbocycles. The quantitative estimate of drug-likeness (QED) is 0.724. The summed E-state index contributed by atoms with van der Waals surface area (Å²) < 4.78 is 6.65. The van der Waals surface area contributed by atoms with Gasteiger partial charge in [0, 0.05) is 23.9 Å². The second-order valence-corrected chi connectivity index (χ2v) is 11.0. The molecule has 1 spiro atoms. The molecule has 1 fully saturated rings. The third kappa shape index (κ3) is 2.31. The third-order valence-electron chi connectivity index (χ3n) is 9.29. The van der Waals surface area contributed by atoms with Gasteiger partial charge in [0.2, 0.25) is 5.91 Å². The molecule has 5 atom stereocenters. The normalized spacial score (nSPS) is 35.7. The molecule has 6 nitrogen and oxygen atoms in total. The Bertz CT molecular complexity index is 1260. The third-order valence-corrected chi connectivity index (χ3v) is 9.29. The number of ether oxygens (including phenoxy) is 1. The van der Waals surface area contributed by atoms with Crippen LogP contribution in [0.4, 0.5) is 0 Å². The summed E-state index contributed by atoms with van der Waals surface area (Å²) in [6, 6.07) is 13.7. The predicted octanol–water partition coefficient (Wildman–Crippen LogP) is 3.11. The van der Waals surface area contributed by atoms with Crippen molar-refractivity contribution in [3.8, 4) is 11.5 Å². The second kappa shape index (κ2) is 6.64. The molecule has 0 radical (unpaired) electrons. The van der Waals surface area contributed by atoms with Crippen molar-refractivity contribution in [1.29, 1.82) is 0 Å². The number of aromatic hydroxyl groups is 1. The molecular formula is C28H30N2O4. The van der Waals surface area contributed by atoms with E-state index >= 15 is 0 Å². The lowest BCUT2D eigenvalue weighted by atomic mass is 9.48. The van der Waals surface area contributed by atoms with Crippen LogP contribution in [0.5, 0.6) is 11.5 Å². The Labute approximate surface area is 199 Å². The monoisotopic (exact) mass is 458 g/mol. The van der Waals surface area contributed by atoms with Gasteiger partial charge in [0.15, 0.2) is 17.6 Å². The summed E-state index contributed by atoms with van der Waals surface area (Å²) in [5, 5.41) is 23.4. The average molecular weight is 459 g/mol. The van der Waals surface area contributed by atoms with Crippen LogP contribution in [0.15, 0.2) is 53.7 Å². The van der Waals surface area contributed by atoms with Crippen molar-refractivity contribution in [3.05, 3.63) is 70.4 Å². The van der Waals surface area contributed by atoms with Crippen molar-refractivity contribution in [3.63, 3.8) is 0 Å². The van der Waals surface area contributed by atoms with Gasteiger partial charge < -0.3 is 24.7 Å². The van der Waals surface area contributed by atoms with Crippen LogP contribution < -0.4 is 4.74 Å². The Hall–Kier alpha value is -2.83. The minimum atomic E-state index is -1.01. The van der Waals surface area contributed by atoms with Crippen molar-refractivity contribution in [2.45, 2.75) is 62.3 Å². The van der Waals surface area contributed by atoms with Crippen LogP contribution in [0.3, 0.4) is 0 Å². The minimum Gasteiger partial charge on any atom is -0.504 e. The van der Waals surface area contributed by atoms with E-state index in [4.69, 9.17) is 4.74 Å².